The summed E-state index contributed by atoms with van der Waals surface area (Å²) < 4.78 is 14.3. The molecule has 2 saturated carbocycles. The van der Waals surface area contributed by atoms with Gasteiger partial charge in [-0.2, -0.15) is 5.26 Å². The van der Waals surface area contributed by atoms with E-state index in [9.17, 15) is 4.39 Å². The molecule has 2 bridgehead atoms. The molecule has 0 aromatic heterocycles. The van der Waals surface area contributed by atoms with Gasteiger partial charge in [-0.25, -0.2) is 4.39 Å². The molecule has 3 aliphatic rings. The van der Waals surface area contributed by atoms with Crippen LogP contribution in [-0.2, 0) is 6.54 Å². The van der Waals surface area contributed by atoms with Crippen molar-refractivity contribution in [2.75, 3.05) is 13.6 Å². The summed E-state index contributed by atoms with van der Waals surface area (Å²) >= 11 is 0. The number of benzene rings is 2. The van der Waals surface area contributed by atoms with Crippen molar-refractivity contribution in [3.05, 3.63) is 58.9 Å². The maximum Gasteiger partial charge on any atom is 0.141 e. The first-order valence-electron chi connectivity index (χ1n) is 10.4. The molecular weight excluding hydrogens is 349 g/mol. The van der Waals surface area contributed by atoms with E-state index in [1.807, 2.05) is 12.1 Å². The van der Waals surface area contributed by atoms with E-state index in [1.165, 1.54) is 49.3 Å². The zero-order valence-electron chi connectivity index (χ0n) is 16.3. The van der Waals surface area contributed by atoms with Crippen LogP contribution in [-0.4, -0.2) is 30.1 Å². The molecule has 0 radical (unpaired) electrons. The van der Waals surface area contributed by atoms with Gasteiger partial charge in [-0.1, -0.05) is 24.3 Å². The quantitative estimate of drug-likeness (QED) is 0.832. The van der Waals surface area contributed by atoms with Crippen molar-refractivity contribution in [2.45, 2.75) is 56.1 Å². The Hall–Kier alpha value is -2.22. The predicted molar refractivity (Wildman–Crippen MR) is 108 cm³/mol. The monoisotopic (exact) mass is 375 g/mol. The van der Waals surface area contributed by atoms with E-state index in [1.54, 1.807) is 6.07 Å². The normalized spacial score (nSPS) is 26.5. The number of likely N-dealkylation sites (tertiary alicyclic amines) is 1. The largest absolute Gasteiger partial charge is 0.313 e. The van der Waals surface area contributed by atoms with Crippen molar-refractivity contribution in [1.29, 1.82) is 5.26 Å². The van der Waals surface area contributed by atoms with Gasteiger partial charge in [0.2, 0.25) is 0 Å². The lowest BCUT2D eigenvalue weighted by Crippen LogP contribution is -2.46. The fourth-order valence-corrected chi connectivity index (χ4v) is 5.41. The second kappa shape index (κ2) is 6.69. The number of hydrogen-bond acceptors (Lipinski definition) is 3. The van der Waals surface area contributed by atoms with E-state index in [0.29, 0.717) is 17.5 Å². The Labute approximate surface area is 166 Å². The second-order valence-electron chi connectivity index (χ2n) is 8.79. The van der Waals surface area contributed by atoms with Crippen molar-refractivity contribution in [3.63, 3.8) is 0 Å². The van der Waals surface area contributed by atoms with Crippen LogP contribution in [0.15, 0.2) is 36.4 Å². The van der Waals surface area contributed by atoms with E-state index in [2.05, 4.69) is 35.5 Å². The minimum atomic E-state index is -0.431. The molecule has 1 N–H and O–H groups in total. The topological polar surface area (TPSA) is 39.1 Å². The van der Waals surface area contributed by atoms with Crippen molar-refractivity contribution < 1.29 is 4.39 Å². The summed E-state index contributed by atoms with van der Waals surface area (Å²) in [4.78, 5) is 2.64. The zero-order chi connectivity index (χ0) is 19.3. The molecule has 0 spiro atoms. The number of hydrogen-bond donors (Lipinski definition) is 1. The second-order valence-corrected chi connectivity index (χ2v) is 8.79. The van der Waals surface area contributed by atoms with Crippen molar-refractivity contribution in [3.8, 4) is 17.2 Å². The van der Waals surface area contributed by atoms with Crippen molar-refractivity contribution >= 4 is 0 Å². The Morgan fingerprint density at radius 1 is 1.25 bits per heavy atom. The molecular formula is C24H26FN3. The van der Waals surface area contributed by atoms with Crippen LogP contribution < -0.4 is 5.32 Å². The van der Waals surface area contributed by atoms with Crippen LogP contribution in [0.2, 0.25) is 0 Å². The lowest BCUT2D eigenvalue weighted by molar-refractivity contribution is 0.184. The third-order valence-electron chi connectivity index (χ3n) is 7.09. The molecule has 1 saturated heterocycles. The summed E-state index contributed by atoms with van der Waals surface area (Å²) in [5, 5.41) is 12.6. The Morgan fingerprint density at radius 2 is 2.11 bits per heavy atom. The molecule has 3 nitrogen and oxygen atoms in total. The van der Waals surface area contributed by atoms with E-state index >= 15 is 0 Å². The molecule has 4 heteroatoms. The molecule has 3 fully saturated rings. The van der Waals surface area contributed by atoms with Gasteiger partial charge in [0.1, 0.15) is 11.9 Å². The van der Waals surface area contributed by atoms with Crippen LogP contribution in [0.3, 0.4) is 0 Å². The van der Waals surface area contributed by atoms with Gasteiger partial charge in [0.25, 0.3) is 0 Å². The third-order valence-corrected chi connectivity index (χ3v) is 7.09. The van der Waals surface area contributed by atoms with Gasteiger partial charge >= 0.3 is 0 Å². The summed E-state index contributed by atoms with van der Waals surface area (Å²) in [6.45, 7) is 2.10. The van der Waals surface area contributed by atoms with E-state index in [4.69, 9.17) is 5.26 Å². The number of nitrogens with zero attached hydrogens (tertiary/aromatic N) is 2. The molecule has 5 rings (SSSR count). The lowest BCUT2D eigenvalue weighted by atomic mass is 9.91. The van der Waals surface area contributed by atoms with E-state index < -0.39 is 5.82 Å². The molecule has 144 valence electrons. The molecule has 0 unspecified atom stereocenters. The number of likely N-dealkylation sites (N-methyl/N-ethyl adjacent to an activating group) is 1. The average molecular weight is 375 g/mol. The Morgan fingerprint density at radius 3 is 2.79 bits per heavy atom. The molecule has 2 aromatic rings. The predicted octanol–water partition coefficient (Wildman–Crippen LogP) is 4.57. The molecule has 1 aliphatic heterocycles. The summed E-state index contributed by atoms with van der Waals surface area (Å²) in [5.74, 6) is 0.155. The molecule has 28 heavy (non-hydrogen) atoms. The fraction of sp³-hybridized carbons (Fsp3) is 0.458. The highest BCUT2D eigenvalue weighted by atomic mass is 19.1. The zero-order valence-corrected chi connectivity index (χ0v) is 16.3. The Bertz CT molecular complexity index is 959. The highest BCUT2D eigenvalue weighted by Crippen LogP contribution is 2.48. The van der Waals surface area contributed by atoms with Crippen LogP contribution in [0, 0.1) is 17.1 Å². The van der Waals surface area contributed by atoms with Crippen molar-refractivity contribution in [2.24, 2.45) is 0 Å². The SMILES string of the molecule is CN[C@@]12CC[C@@H](C1)N(Cc1cccc(-c3ccc(C#N)c(F)c3)c1C1CC1)C2. The number of halogens is 1. The maximum absolute atomic E-state index is 14.3. The number of nitrogens with one attached hydrogen (secondary N) is 1. The van der Waals surface area contributed by atoms with Crippen LogP contribution in [0.5, 0.6) is 0 Å². The number of piperidine rings is 1. The summed E-state index contributed by atoms with van der Waals surface area (Å²) in [7, 11) is 2.10. The molecule has 0 amide bonds. The van der Waals surface area contributed by atoms with Gasteiger partial charge in [0, 0.05) is 24.7 Å². The lowest BCUT2D eigenvalue weighted by Gasteiger charge is -2.33. The molecule has 1 heterocycles. The first kappa shape index (κ1) is 17.8. The van der Waals surface area contributed by atoms with Crippen LogP contribution in [0.1, 0.15) is 54.7 Å². The number of nitriles is 1. The average Bonchev–Trinajstić information content (AvgIpc) is 3.38. The van der Waals surface area contributed by atoms with Gasteiger partial charge < -0.3 is 5.32 Å². The highest BCUT2D eigenvalue weighted by molar-refractivity contribution is 5.71. The van der Waals surface area contributed by atoms with Gasteiger partial charge in [-0.15, -0.1) is 0 Å². The van der Waals surface area contributed by atoms with Gasteiger partial charge in [-0.3, -0.25) is 4.90 Å². The standard InChI is InChI=1S/C24H26FN3/c1-27-24-10-9-20(12-24)28(15-24)14-19-3-2-4-21(23(19)16-5-6-16)17-7-8-18(13-26)22(25)11-17/h2-4,7-8,11,16,20,27H,5-6,9-10,12,14-15H2,1H3/t20-,24-/m0/s1. The van der Waals surface area contributed by atoms with Gasteiger partial charge in [0.15, 0.2) is 0 Å². The van der Waals surface area contributed by atoms with E-state index in [0.717, 1.165) is 24.2 Å². The first-order valence-corrected chi connectivity index (χ1v) is 10.4. The Balaban J connectivity index is 1.50. The van der Waals surface area contributed by atoms with Gasteiger partial charge in [-0.05, 0) is 79.5 Å². The minimum absolute atomic E-state index is 0.110. The number of fused-ring (bicyclic) bond motifs is 2. The molecule has 2 atom stereocenters. The van der Waals surface area contributed by atoms with Crippen LogP contribution >= 0.6 is 0 Å². The molecule has 2 aliphatic carbocycles. The summed E-state index contributed by atoms with van der Waals surface area (Å²) in [5.41, 5.74) is 5.22. The molecule has 2 aromatic carbocycles. The van der Waals surface area contributed by atoms with Crippen LogP contribution in [0.25, 0.3) is 11.1 Å². The van der Waals surface area contributed by atoms with Crippen LogP contribution in [0.4, 0.5) is 4.39 Å². The van der Waals surface area contributed by atoms with Crippen molar-refractivity contribution in [1.82, 2.24) is 10.2 Å². The fourth-order valence-electron chi connectivity index (χ4n) is 5.41. The smallest absolute Gasteiger partial charge is 0.141 e. The summed E-state index contributed by atoms with van der Waals surface area (Å²) in [6.07, 6.45) is 6.24. The first-order chi connectivity index (χ1) is 13.6. The van der Waals surface area contributed by atoms with Gasteiger partial charge in [0.05, 0.1) is 5.56 Å². The third kappa shape index (κ3) is 2.94. The number of rotatable bonds is 5. The minimum Gasteiger partial charge on any atom is -0.313 e. The Kier molecular flexibility index (Phi) is 4.26. The highest BCUT2D eigenvalue weighted by Gasteiger charge is 2.48. The maximum atomic E-state index is 14.3. The summed E-state index contributed by atoms with van der Waals surface area (Å²) in [6, 6.07) is 14.1. The van der Waals surface area contributed by atoms with E-state index in [-0.39, 0.29) is 5.56 Å².